The Hall–Kier alpha value is -3.63. The standard InChI is InChI=1S/C27H42N4O7/c1-7-9-16-31(25(35)20(17-21(28)32)30-26(36)38-27(4,5)6)23(19-13-11-10-12-18(19)3)24(34)29-15-14-22(33)37-8-2/h10-13,20,23H,7-9,14-17H2,1-6H3,(H2,28,32)(H,29,34)(H,30,36). The zero-order chi connectivity index (χ0) is 28.9. The van der Waals surface area contributed by atoms with E-state index < -0.39 is 53.9 Å². The number of primary amides is 1. The van der Waals surface area contributed by atoms with Gasteiger partial charge in [-0.1, -0.05) is 37.6 Å². The summed E-state index contributed by atoms with van der Waals surface area (Å²) in [6, 6.07) is 4.68. The van der Waals surface area contributed by atoms with Gasteiger partial charge < -0.3 is 30.7 Å². The lowest BCUT2D eigenvalue weighted by Gasteiger charge is -2.35. The number of nitrogens with two attached hydrogens (primary N) is 1. The molecule has 0 aliphatic rings. The number of unbranched alkanes of at least 4 members (excludes halogenated alkanes) is 1. The van der Waals surface area contributed by atoms with E-state index in [1.54, 1.807) is 39.8 Å². The smallest absolute Gasteiger partial charge is 0.408 e. The Kier molecular flexibility index (Phi) is 13.3. The van der Waals surface area contributed by atoms with Crippen LogP contribution in [0.15, 0.2) is 24.3 Å². The molecule has 0 saturated heterocycles. The third kappa shape index (κ3) is 11.2. The van der Waals surface area contributed by atoms with E-state index in [-0.39, 0.29) is 26.1 Å². The van der Waals surface area contributed by atoms with Gasteiger partial charge in [-0.2, -0.15) is 0 Å². The van der Waals surface area contributed by atoms with Crippen LogP contribution >= 0.6 is 0 Å². The van der Waals surface area contributed by atoms with Gasteiger partial charge in [0.05, 0.1) is 19.4 Å². The number of rotatable bonds is 14. The van der Waals surface area contributed by atoms with Gasteiger partial charge in [0.2, 0.25) is 17.7 Å². The second kappa shape index (κ2) is 15.6. The normalized spacial score (nSPS) is 12.6. The van der Waals surface area contributed by atoms with Crippen LogP contribution in [0.3, 0.4) is 0 Å². The summed E-state index contributed by atoms with van der Waals surface area (Å²) < 4.78 is 10.2. The number of ether oxygens (including phenoxy) is 2. The van der Waals surface area contributed by atoms with Crippen molar-refractivity contribution in [3.05, 3.63) is 35.4 Å². The number of carbonyl (C=O) groups excluding carboxylic acids is 5. The van der Waals surface area contributed by atoms with Gasteiger partial charge in [-0.3, -0.25) is 19.2 Å². The fraction of sp³-hybridized carbons (Fsp3) is 0.593. The molecule has 0 heterocycles. The second-order valence-electron chi connectivity index (χ2n) is 9.86. The van der Waals surface area contributed by atoms with Gasteiger partial charge in [-0.05, 0) is 52.2 Å². The molecule has 0 fully saturated rings. The summed E-state index contributed by atoms with van der Waals surface area (Å²) in [4.78, 5) is 64.9. The van der Waals surface area contributed by atoms with Gasteiger partial charge >= 0.3 is 12.1 Å². The highest BCUT2D eigenvalue weighted by Crippen LogP contribution is 2.26. The number of amides is 4. The molecule has 2 atom stereocenters. The monoisotopic (exact) mass is 534 g/mol. The van der Waals surface area contributed by atoms with Crippen LogP contribution < -0.4 is 16.4 Å². The summed E-state index contributed by atoms with van der Waals surface area (Å²) in [6.07, 6.45) is -0.132. The lowest BCUT2D eigenvalue weighted by molar-refractivity contribution is -0.144. The maximum absolute atomic E-state index is 13.9. The van der Waals surface area contributed by atoms with Crippen molar-refractivity contribution in [3.63, 3.8) is 0 Å². The summed E-state index contributed by atoms with van der Waals surface area (Å²) in [5.74, 6) is -2.43. The zero-order valence-corrected chi connectivity index (χ0v) is 23.3. The van der Waals surface area contributed by atoms with Gasteiger partial charge in [0.15, 0.2) is 0 Å². The van der Waals surface area contributed by atoms with Crippen LogP contribution in [0.2, 0.25) is 0 Å². The summed E-state index contributed by atoms with van der Waals surface area (Å²) in [7, 11) is 0. The first-order valence-corrected chi connectivity index (χ1v) is 12.9. The van der Waals surface area contributed by atoms with Crippen LogP contribution in [0.4, 0.5) is 4.79 Å². The third-order valence-electron chi connectivity index (χ3n) is 5.41. The minimum Gasteiger partial charge on any atom is -0.466 e. The Balaban J connectivity index is 3.41. The van der Waals surface area contributed by atoms with Crippen molar-refractivity contribution in [2.45, 2.75) is 84.9 Å². The Labute approximate surface area is 224 Å². The molecule has 0 aliphatic heterocycles. The molecule has 4 N–H and O–H groups in total. The molecule has 1 aromatic rings. The Morgan fingerprint density at radius 2 is 1.74 bits per heavy atom. The molecule has 1 rings (SSSR count). The first-order chi connectivity index (χ1) is 17.8. The van der Waals surface area contributed by atoms with Gasteiger partial charge in [0.1, 0.15) is 17.7 Å². The fourth-order valence-corrected chi connectivity index (χ4v) is 3.71. The van der Waals surface area contributed by atoms with E-state index in [1.165, 1.54) is 4.90 Å². The number of hydrogen-bond donors (Lipinski definition) is 3. The molecular formula is C27H42N4O7. The van der Waals surface area contributed by atoms with Crippen molar-refractivity contribution >= 4 is 29.8 Å². The van der Waals surface area contributed by atoms with Gasteiger partial charge in [0, 0.05) is 13.1 Å². The number of carbonyl (C=O) groups is 5. The lowest BCUT2D eigenvalue weighted by Crippen LogP contribution is -2.54. The van der Waals surface area contributed by atoms with Crippen molar-refractivity contribution in [3.8, 4) is 0 Å². The minimum absolute atomic E-state index is 0.0106. The molecule has 0 radical (unpaired) electrons. The number of esters is 1. The van der Waals surface area contributed by atoms with E-state index in [1.807, 2.05) is 26.0 Å². The quantitative estimate of drug-likeness (QED) is 0.309. The van der Waals surface area contributed by atoms with E-state index >= 15 is 0 Å². The SMILES string of the molecule is CCCCN(C(=O)C(CC(N)=O)NC(=O)OC(C)(C)C)C(C(=O)NCCC(=O)OCC)c1ccccc1C. The molecule has 4 amide bonds. The average Bonchev–Trinajstić information content (AvgIpc) is 2.80. The molecule has 0 saturated carbocycles. The summed E-state index contributed by atoms with van der Waals surface area (Å²) >= 11 is 0. The second-order valence-corrected chi connectivity index (χ2v) is 9.86. The summed E-state index contributed by atoms with van der Waals surface area (Å²) in [6.45, 7) is 10.8. The Morgan fingerprint density at radius 3 is 2.29 bits per heavy atom. The minimum atomic E-state index is -1.35. The van der Waals surface area contributed by atoms with Crippen molar-refractivity contribution in [2.24, 2.45) is 5.73 Å². The fourth-order valence-electron chi connectivity index (χ4n) is 3.71. The van der Waals surface area contributed by atoms with Crippen LogP contribution in [-0.2, 0) is 28.7 Å². The molecule has 0 bridgehead atoms. The van der Waals surface area contributed by atoms with Gasteiger partial charge in [-0.15, -0.1) is 0 Å². The van der Waals surface area contributed by atoms with Crippen LogP contribution in [0.5, 0.6) is 0 Å². The molecule has 38 heavy (non-hydrogen) atoms. The first-order valence-electron chi connectivity index (χ1n) is 12.9. The molecule has 0 aliphatic carbocycles. The Bertz CT molecular complexity index is 974. The number of nitrogens with one attached hydrogen (secondary N) is 2. The molecule has 11 nitrogen and oxygen atoms in total. The van der Waals surface area contributed by atoms with Crippen molar-refractivity contribution < 1.29 is 33.4 Å². The highest BCUT2D eigenvalue weighted by molar-refractivity contribution is 5.94. The van der Waals surface area contributed by atoms with Crippen LogP contribution in [-0.4, -0.2) is 66.0 Å². The van der Waals surface area contributed by atoms with Crippen LogP contribution in [0, 0.1) is 6.92 Å². The van der Waals surface area contributed by atoms with Crippen LogP contribution in [0.25, 0.3) is 0 Å². The average molecular weight is 535 g/mol. The van der Waals surface area contributed by atoms with E-state index in [9.17, 15) is 24.0 Å². The lowest BCUT2D eigenvalue weighted by atomic mass is 9.97. The number of alkyl carbamates (subject to hydrolysis) is 1. The molecular weight excluding hydrogens is 492 g/mol. The molecule has 1 aromatic carbocycles. The topological polar surface area (TPSA) is 157 Å². The van der Waals surface area contributed by atoms with Crippen LogP contribution in [0.1, 0.15) is 77.5 Å². The summed E-state index contributed by atoms with van der Waals surface area (Å²) in [5, 5.41) is 5.17. The zero-order valence-electron chi connectivity index (χ0n) is 23.3. The predicted molar refractivity (Wildman–Crippen MR) is 142 cm³/mol. The van der Waals surface area contributed by atoms with E-state index in [0.717, 1.165) is 5.56 Å². The highest BCUT2D eigenvalue weighted by Gasteiger charge is 2.37. The van der Waals surface area contributed by atoms with E-state index in [2.05, 4.69) is 10.6 Å². The number of benzene rings is 1. The van der Waals surface area contributed by atoms with Crippen molar-refractivity contribution in [1.82, 2.24) is 15.5 Å². The van der Waals surface area contributed by atoms with Gasteiger partial charge in [0.25, 0.3) is 0 Å². The molecule has 0 spiro atoms. The molecule has 2 unspecified atom stereocenters. The summed E-state index contributed by atoms with van der Waals surface area (Å²) in [5.41, 5.74) is 5.89. The number of nitrogens with zero attached hydrogens (tertiary/aromatic N) is 1. The number of hydrogen-bond acceptors (Lipinski definition) is 7. The molecule has 11 heteroatoms. The maximum Gasteiger partial charge on any atom is 0.408 e. The van der Waals surface area contributed by atoms with Crippen molar-refractivity contribution in [2.75, 3.05) is 19.7 Å². The predicted octanol–water partition coefficient (Wildman–Crippen LogP) is 2.50. The first kappa shape index (κ1) is 32.4. The van der Waals surface area contributed by atoms with E-state index in [0.29, 0.717) is 18.4 Å². The van der Waals surface area contributed by atoms with E-state index in [4.69, 9.17) is 15.2 Å². The number of aryl methyl sites for hydroxylation is 1. The molecule has 212 valence electrons. The third-order valence-corrected chi connectivity index (χ3v) is 5.41. The Morgan fingerprint density at radius 1 is 1.08 bits per heavy atom. The highest BCUT2D eigenvalue weighted by atomic mass is 16.6. The van der Waals surface area contributed by atoms with Crippen molar-refractivity contribution in [1.29, 1.82) is 0 Å². The largest absolute Gasteiger partial charge is 0.466 e. The van der Waals surface area contributed by atoms with Gasteiger partial charge in [-0.25, -0.2) is 4.79 Å². The molecule has 0 aromatic heterocycles. The maximum atomic E-state index is 13.9.